The Morgan fingerprint density at radius 2 is 1.77 bits per heavy atom. The highest BCUT2D eigenvalue weighted by molar-refractivity contribution is 4.65. The Morgan fingerprint density at radius 3 is 2.08 bits per heavy atom. The van der Waals surface area contributed by atoms with Gasteiger partial charge in [0.15, 0.2) is 6.29 Å². The molecule has 0 radical (unpaired) electrons. The van der Waals surface area contributed by atoms with Crippen molar-refractivity contribution in [2.75, 3.05) is 0 Å². The number of unbranched alkanes of at least 4 members (excludes halogenated alkanes) is 1. The molecule has 13 heavy (non-hydrogen) atoms. The molecule has 0 amide bonds. The summed E-state index contributed by atoms with van der Waals surface area (Å²) in [5.41, 5.74) is 0. The average Bonchev–Trinajstić information content (AvgIpc) is 1.95. The molecule has 0 saturated heterocycles. The molecule has 2 N–H and O–H groups in total. The van der Waals surface area contributed by atoms with Crippen molar-refractivity contribution in [2.45, 2.75) is 45.1 Å². The van der Waals surface area contributed by atoms with Crippen molar-refractivity contribution < 1.29 is 23.4 Å². The topological polar surface area (TPSA) is 40.5 Å². The summed E-state index contributed by atoms with van der Waals surface area (Å²) in [6, 6.07) is 0. The molecule has 80 valence electrons. The zero-order valence-electron chi connectivity index (χ0n) is 7.51. The van der Waals surface area contributed by atoms with Crippen molar-refractivity contribution >= 4 is 0 Å². The van der Waals surface area contributed by atoms with Crippen LogP contribution in [0.3, 0.4) is 0 Å². The van der Waals surface area contributed by atoms with Gasteiger partial charge in [0.25, 0.3) is 0 Å². The van der Waals surface area contributed by atoms with E-state index < -0.39 is 24.8 Å². The summed E-state index contributed by atoms with van der Waals surface area (Å²) in [5, 5.41) is 17.3. The van der Waals surface area contributed by atoms with E-state index in [1.165, 1.54) is 0 Å². The van der Waals surface area contributed by atoms with Crippen LogP contribution in [-0.2, 0) is 0 Å². The number of alkyl halides is 3. The SMILES string of the molecule is CCCC[C@H](CC(F)(F)F)C(O)O. The highest BCUT2D eigenvalue weighted by atomic mass is 19.4. The predicted octanol–water partition coefficient (Wildman–Crippen LogP) is 2.06. The molecule has 0 saturated carbocycles. The number of rotatable bonds is 5. The third-order valence-electron chi connectivity index (χ3n) is 1.84. The molecular formula is C8H15F3O2. The maximum absolute atomic E-state index is 11.9. The molecule has 0 unspecified atom stereocenters. The summed E-state index contributed by atoms with van der Waals surface area (Å²) >= 11 is 0. The van der Waals surface area contributed by atoms with Crippen molar-refractivity contribution in [3.63, 3.8) is 0 Å². The van der Waals surface area contributed by atoms with Gasteiger partial charge in [0.1, 0.15) is 0 Å². The molecule has 5 heteroatoms. The summed E-state index contributed by atoms with van der Waals surface area (Å²) in [7, 11) is 0. The largest absolute Gasteiger partial charge is 0.389 e. The normalized spacial score (nSPS) is 15.0. The maximum Gasteiger partial charge on any atom is 0.389 e. The quantitative estimate of drug-likeness (QED) is 0.667. The standard InChI is InChI=1S/C8H15F3O2/c1-2-3-4-6(7(12)13)5-8(9,10)11/h6-7,12-13H,2-5H2,1H3/t6-/m1/s1. The van der Waals surface area contributed by atoms with E-state index in [0.29, 0.717) is 6.42 Å². The fraction of sp³-hybridized carbons (Fsp3) is 1.00. The van der Waals surface area contributed by atoms with Crippen LogP contribution in [0, 0.1) is 5.92 Å². The second kappa shape index (κ2) is 5.44. The van der Waals surface area contributed by atoms with Crippen LogP contribution in [0.4, 0.5) is 13.2 Å². The molecule has 0 aromatic rings. The minimum atomic E-state index is -4.32. The average molecular weight is 200 g/mol. The molecule has 2 nitrogen and oxygen atoms in total. The van der Waals surface area contributed by atoms with Gasteiger partial charge in [-0.1, -0.05) is 19.8 Å². The molecule has 0 aromatic carbocycles. The summed E-state index contributed by atoms with van der Waals surface area (Å²) < 4.78 is 35.6. The lowest BCUT2D eigenvalue weighted by Gasteiger charge is -2.19. The first-order chi connectivity index (χ1) is 5.87. The lowest BCUT2D eigenvalue weighted by atomic mass is 9.98. The zero-order valence-corrected chi connectivity index (χ0v) is 7.51. The van der Waals surface area contributed by atoms with E-state index >= 15 is 0 Å². The maximum atomic E-state index is 11.9. The first kappa shape index (κ1) is 12.7. The van der Waals surface area contributed by atoms with E-state index in [0.717, 1.165) is 6.42 Å². The minimum absolute atomic E-state index is 0.202. The molecule has 0 aromatic heterocycles. The number of hydrogen-bond acceptors (Lipinski definition) is 2. The van der Waals surface area contributed by atoms with Crippen molar-refractivity contribution in [2.24, 2.45) is 5.92 Å². The first-order valence-electron chi connectivity index (χ1n) is 4.29. The fourth-order valence-electron chi connectivity index (χ4n) is 1.12. The number of hydrogen-bond donors (Lipinski definition) is 2. The van der Waals surface area contributed by atoms with Gasteiger partial charge in [-0.25, -0.2) is 0 Å². The second-order valence-electron chi connectivity index (χ2n) is 3.14. The summed E-state index contributed by atoms with van der Waals surface area (Å²) in [6.45, 7) is 1.84. The van der Waals surface area contributed by atoms with Crippen LogP contribution < -0.4 is 0 Å². The molecule has 0 aliphatic heterocycles. The number of aliphatic hydroxyl groups excluding tert-OH is 1. The van der Waals surface area contributed by atoms with E-state index in [2.05, 4.69) is 0 Å². The number of aliphatic hydroxyl groups is 2. The molecule has 0 heterocycles. The fourth-order valence-corrected chi connectivity index (χ4v) is 1.12. The molecule has 0 fully saturated rings. The minimum Gasteiger partial charge on any atom is -0.368 e. The molecule has 0 aliphatic rings. The van der Waals surface area contributed by atoms with E-state index in [4.69, 9.17) is 10.2 Å². The van der Waals surface area contributed by atoms with E-state index in [-0.39, 0.29) is 6.42 Å². The molecule has 1 atom stereocenters. The van der Waals surface area contributed by atoms with Gasteiger partial charge in [0.2, 0.25) is 0 Å². The van der Waals surface area contributed by atoms with Gasteiger partial charge >= 0.3 is 6.18 Å². The Hall–Kier alpha value is -0.290. The Labute approximate surface area is 75.4 Å². The van der Waals surface area contributed by atoms with Gasteiger partial charge in [0.05, 0.1) is 6.42 Å². The van der Waals surface area contributed by atoms with E-state index in [1.807, 2.05) is 6.92 Å². The van der Waals surface area contributed by atoms with Crippen LogP contribution in [0.1, 0.15) is 32.6 Å². The third-order valence-corrected chi connectivity index (χ3v) is 1.84. The van der Waals surface area contributed by atoms with Gasteiger partial charge in [-0.3, -0.25) is 0 Å². The van der Waals surface area contributed by atoms with Gasteiger partial charge in [0, 0.05) is 5.92 Å². The molecule has 0 spiro atoms. The first-order valence-corrected chi connectivity index (χ1v) is 4.29. The Bertz CT molecular complexity index is 134. The Morgan fingerprint density at radius 1 is 1.23 bits per heavy atom. The van der Waals surface area contributed by atoms with Crippen LogP contribution in [0.25, 0.3) is 0 Å². The smallest absolute Gasteiger partial charge is 0.368 e. The van der Waals surface area contributed by atoms with E-state index in [1.54, 1.807) is 0 Å². The molecule has 0 bridgehead atoms. The lowest BCUT2D eigenvalue weighted by molar-refractivity contribution is -0.176. The summed E-state index contributed by atoms with van der Waals surface area (Å²) in [6.07, 6.45) is -5.77. The predicted molar refractivity (Wildman–Crippen MR) is 41.9 cm³/mol. The van der Waals surface area contributed by atoms with Gasteiger partial charge in [-0.2, -0.15) is 13.2 Å². The molecule has 0 aliphatic carbocycles. The Balaban J connectivity index is 3.95. The monoisotopic (exact) mass is 200 g/mol. The Kier molecular flexibility index (Phi) is 5.32. The second-order valence-corrected chi connectivity index (χ2v) is 3.14. The summed E-state index contributed by atoms with van der Waals surface area (Å²) in [5.74, 6) is -1.08. The van der Waals surface area contributed by atoms with Gasteiger partial charge in [-0.15, -0.1) is 0 Å². The zero-order chi connectivity index (χ0) is 10.5. The van der Waals surface area contributed by atoms with Crippen LogP contribution >= 0.6 is 0 Å². The van der Waals surface area contributed by atoms with Crippen molar-refractivity contribution in [1.29, 1.82) is 0 Å². The molecule has 0 rings (SSSR count). The lowest BCUT2D eigenvalue weighted by Crippen LogP contribution is -2.25. The van der Waals surface area contributed by atoms with Crippen LogP contribution in [-0.4, -0.2) is 22.7 Å². The molecular weight excluding hydrogens is 185 g/mol. The van der Waals surface area contributed by atoms with Crippen LogP contribution in [0.2, 0.25) is 0 Å². The highest BCUT2D eigenvalue weighted by Gasteiger charge is 2.34. The van der Waals surface area contributed by atoms with E-state index in [9.17, 15) is 13.2 Å². The van der Waals surface area contributed by atoms with Crippen molar-refractivity contribution in [1.82, 2.24) is 0 Å². The number of halogens is 3. The third kappa shape index (κ3) is 6.83. The van der Waals surface area contributed by atoms with Crippen LogP contribution in [0.5, 0.6) is 0 Å². The highest BCUT2D eigenvalue weighted by Crippen LogP contribution is 2.29. The summed E-state index contributed by atoms with van der Waals surface area (Å²) in [4.78, 5) is 0. The van der Waals surface area contributed by atoms with Gasteiger partial charge < -0.3 is 10.2 Å². The van der Waals surface area contributed by atoms with Crippen molar-refractivity contribution in [3.8, 4) is 0 Å². The van der Waals surface area contributed by atoms with Crippen molar-refractivity contribution in [3.05, 3.63) is 0 Å². The van der Waals surface area contributed by atoms with Gasteiger partial charge in [-0.05, 0) is 6.42 Å². The van der Waals surface area contributed by atoms with Crippen LogP contribution in [0.15, 0.2) is 0 Å².